The Hall–Kier alpha value is -1.44. The van der Waals surface area contributed by atoms with E-state index in [0.29, 0.717) is 13.2 Å². The van der Waals surface area contributed by atoms with E-state index in [1.165, 1.54) is 10.6 Å². The van der Waals surface area contributed by atoms with E-state index in [1.807, 2.05) is 32.0 Å². The highest BCUT2D eigenvalue weighted by molar-refractivity contribution is 7.88. The maximum atomic E-state index is 12.2. The molecule has 7 heteroatoms. The summed E-state index contributed by atoms with van der Waals surface area (Å²) in [5.41, 5.74) is 2.78. The number of nitrogens with one attached hydrogen (secondary N) is 1. The number of carbonyl (C=O) groups excluding carboxylic acids is 1. The third-order valence-electron chi connectivity index (χ3n) is 4.23. The molecule has 0 aliphatic carbocycles. The van der Waals surface area contributed by atoms with Crippen molar-refractivity contribution in [2.45, 2.75) is 39.2 Å². The summed E-state index contributed by atoms with van der Waals surface area (Å²) >= 11 is 0. The molecule has 0 saturated carbocycles. The lowest BCUT2D eigenvalue weighted by molar-refractivity contribution is -0.116. The van der Waals surface area contributed by atoms with Crippen LogP contribution in [0.5, 0.6) is 0 Å². The molecule has 1 aliphatic rings. The number of nitrogens with zero attached hydrogens (tertiary/aromatic N) is 1. The zero-order chi connectivity index (χ0) is 17.7. The molecule has 1 fully saturated rings. The van der Waals surface area contributed by atoms with Gasteiger partial charge in [0, 0.05) is 31.8 Å². The maximum Gasteiger partial charge on any atom is 0.225 e. The van der Waals surface area contributed by atoms with Crippen LogP contribution in [0, 0.1) is 13.8 Å². The van der Waals surface area contributed by atoms with Crippen LogP contribution in [-0.4, -0.2) is 50.7 Å². The molecule has 1 atom stereocenters. The Balaban J connectivity index is 1.94. The van der Waals surface area contributed by atoms with Crippen LogP contribution in [0.4, 0.5) is 5.69 Å². The number of benzene rings is 1. The van der Waals surface area contributed by atoms with Crippen molar-refractivity contribution < 1.29 is 17.9 Å². The highest BCUT2D eigenvalue weighted by Crippen LogP contribution is 2.20. The zero-order valence-corrected chi connectivity index (χ0v) is 15.4. The molecule has 1 aromatic rings. The highest BCUT2D eigenvalue weighted by atomic mass is 32.2. The van der Waals surface area contributed by atoms with E-state index in [1.54, 1.807) is 0 Å². The highest BCUT2D eigenvalue weighted by Gasteiger charge is 2.25. The van der Waals surface area contributed by atoms with Crippen molar-refractivity contribution in [3.05, 3.63) is 29.3 Å². The number of rotatable bonds is 7. The molecule has 0 bridgehead atoms. The number of sulfonamides is 1. The van der Waals surface area contributed by atoms with Gasteiger partial charge in [0.15, 0.2) is 0 Å². The minimum atomic E-state index is -3.36. The summed E-state index contributed by atoms with van der Waals surface area (Å²) in [4.78, 5) is 12.2. The lowest BCUT2D eigenvalue weighted by atomic mass is 10.1. The number of anilines is 1. The number of para-hydroxylation sites is 1. The normalized spacial score (nSPS) is 18.1. The summed E-state index contributed by atoms with van der Waals surface area (Å²) in [6, 6.07) is 5.80. The van der Waals surface area contributed by atoms with Gasteiger partial charge in [-0.2, -0.15) is 4.31 Å². The minimum absolute atomic E-state index is 0.0681. The zero-order valence-electron chi connectivity index (χ0n) is 14.5. The van der Waals surface area contributed by atoms with Gasteiger partial charge in [-0.15, -0.1) is 0 Å². The average Bonchev–Trinajstić information content (AvgIpc) is 2.99. The van der Waals surface area contributed by atoms with E-state index in [4.69, 9.17) is 4.74 Å². The molecule has 1 amide bonds. The Labute approximate surface area is 144 Å². The number of carbonyl (C=O) groups is 1. The van der Waals surface area contributed by atoms with Gasteiger partial charge in [0.1, 0.15) is 0 Å². The van der Waals surface area contributed by atoms with Gasteiger partial charge in [0.2, 0.25) is 15.9 Å². The van der Waals surface area contributed by atoms with Crippen molar-refractivity contribution in [2.75, 3.05) is 31.3 Å². The molecule has 24 heavy (non-hydrogen) atoms. The van der Waals surface area contributed by atoms with Crippen molar-refractivity contribution in [3.63, 3.8) is 0 Å². The predicted octanol–water partition coefficient (Wildman–Crippen LogP) is 2.07. The summed E-state index contributed by atoms with van der Waals surface area (Å²) < 4.78 is 30.7. The van der Waals surface area contributed by atoms with Crippen molar-refractivity contribution in [1.29, 1.82) is 0 Å². The largest absolute Gasteiger partial charge is 0.377 e. The molecule has 2 rings (SSSR count). The summed E-state index contributed by atoms with van der Waals surface area (Å²) in [5.74, 6) is -0.187. The van der Waals surface area contributed by atoms with Crippen molar-refractivity contribution in [3.8, 4) is 0 Å². The van der Waals surface area contributed by atoms with E-state index in [0.717, 1.165) is 29.7 Å². The molecule has 1 saturated heterocycles. The number of amides is 1. The molecule has 1 heterocycles. The van der Waals surface area contributed by atoms with E-state index in [-0.39, 0.29) is 25.0 Å². The number of ether oxygens (including phenoxy) is 1. The first kappa shape index (κ1) is 18.9. The molecular weight excluding hydrogens is 328 g/mol. The van der Waals surface area contributed by atoms with Gasteiger partial charge in [-0.25, -0.2) is 8.42 Å². The van der Waals surface area contributed by atoms with Gasteiger partial charge in [0.05, 0.1) is 12.4 Å². The third kappa shape index (κ3) is 5.29. The Kier molecular flexibility index (Phi) is 6.37. The summed E-state index contributed by atoms with van der Waals surface area (Å²) in [6.07, 6.45) is 3.04. The molecule has 0 radical (unpaired) electrons. The van der Waals surface area contributed by atoms with Crippen molar-refractivity contribution >= 4 is 21.6 Å². The Morgan fingerprint density at radius 3 is 2.54 bits per heavy atom. The predicted molar refractivity (Wildman–Crippen MR) is 94.6 cm³/mol. The third-order valence-corrected chi connectivity index (χ3v) is 5.50. The first-order chi connectivity index (χ1) is 11.3. The molecule has 1 unspecified atom stereocenters. The van der Waals surface area contributed by atoms with E-state index in [9.17, 15) is 13.2 Å². The lowest BCUT2D eigenvalue weighted by Crippen LogP contribution is -2.38. The second kappa shape index (κ2) is 8.09. The number of aryl methyl sites for hydroxylation is 2. The molecule has 1 aromatic carbocycles. The molecular formula is C17H26N2O4S. The van der Waals surface area contributed by atoms with E-state index < -0.39 is 10.0 Å². The van der Waals surface area contributed by atoms with Crippen LogP contribution < -0.4 is 5.32 Å². The van der Waals surface area contributed by atoms with Gasteiger partial charge in [-0.05, 0) is 37.8 Å². The van der Waals surface area contributed by atoms with Gasteiger partial charge in [-0.3, -0.25) is 4.79 Å². The second-order valence-corrected chi connectivity index (χ2v) is 8.30. The Morgan fingerprint density at radius 1 is 1.33 bits per heavy atom. The SMILES string of the molecule is Cc1cccc(C)c1NC(=O)CCN(CC1CCCO1)S(C)(=O)=O. The maximum absolute atomic E-state index is 12.2. The van der Waals surface area contributed by atoms with E-state index in [2.05, 4.69) is 5.32 Å². The molecule has 6 nitrogen and oxygen atoms in total. The molecule has 134 valence electrons. The monoisotopic (exact) mass is 354 g/mol. The van der Waals surface area contributed by atoms with Gasteiger partial charge < -0.3 is 10.1 Å². The van der Waals surface area contributed by atoms with Gasteiger partial charge in [0.25, 0.3) is 0 Å². The molecule has 1 aliphatic heterocycles. The van der Waals surface area contributed by atoms with Crippen molar-refractivity contribution in [2.24, 2.45) is 0 Å². The summed E-state index contributed by atoms with van der Waals surface area (Å²) in [5, 5.41) is 2.89. The van der Waals surface area contributed by atoms with Gasteiger partial charge in [-0.1, -0.05) is 18.2 Å². The van der Waals surface area contributed by atoms with Crippen molar-refractivity contribution in [1.82, 2.24) is 4.31 Å². The van der Waals surface area contributed by atoms with Crippen LogP contribution in [-0.2, 0) is 19.6 Å². The summed E-state index contributed by atoms with van der Waals surface area (Å²) in [7, 11) is -3.36. The van der Waals surface area contributed by atoms with Crippen LogP contribution in [0.2, 0.25) is 0 Å². The van der Waals surface area contributed by atoms with Gasteiger partial charge >= 0.3 is 0 Å². The average molecular weight is 354 g/mol. The Bertz CT molecular complexity index is 662. The number of hydrogen-bond donors (Lipinski definition) is 1. The summed E-state index contributed by atoms with van der Waals surface area (Å²) in [6.45, 7) is 5.02. The lowest BCUT2D eigenvalue weighted by Gasteiger charge is -2.23. The van der Waals surface area contributed by atoms with Crippen LogP contribution in [0.25, 0.3) is 0 Å². The Morgan fingerprint density at radius 2 is 2.00 bits per heavy atom. The topological polar surface area (TPSA) is 75.7 Å². The first-order valence-corrected chi connectivity index (χ1v) is 10.0. The van der Waals surface area contributed by atoms with Crippen LogP contribution >= 0.6 is 0 Å². The first-order valence-electron chi connectivity index (χ1n) is 8.20. The van der Waals surface area contributed by atoms with E-state index >= 15 is 0 Å². The fourth-order valence-corrected chi connectivity index (χ4v) is 3.71. The molecule has 1 N–H and O–H groups in total. The quantitative estimate of drug-likeness (QED) is 0.813. The second-order valence-electron chi connectivity index (χ2n) is 6.32. The van der Waals surface area contributed by atoms with Crippen LogP contribution in [0.1, 0.15) is 30.4 Å². The molecule has 0 aromatic heterocycles. The fourth-order valence-electron chi connectivity index (χ4n) is 2.85. The van der Waals surface area contributed by atoms with Crippen LogP contribution in [0.15, 0.2) is 18.2 Å². The number of hydrogen-bond acceptors (Lipinski definition) is 4. The molecule has 0 spiro atoms. The smallest absolute Gasteiger partial charge is 0.225 e. The standard InChI is InChI=1S/C17H26N2O4S/c1-13-6-4-7-14(2)17(13)18-16(20)9-10-19(24(3,21)22)12-15-8-5-11-23-15/h4,6-7,15H,5,8-12H2,1-3H3,(H,18,20). The van der Waals surface area contributed by atoms with Crippen LogP contribution in [0.3, 0.4) is 0 Å². The fraction of sp³-hybridized carbons (Fsp3) is 0.588. The minimum Gasteiger partial charge on any atom is -0.377 e.